The summed E-state index contributed by atoms with van der Waals surface area (Å²) < 4.78 is 0. The van der Waals surface area contributed by atoms with Crippen molar-refractivity contribution in [3.05, 3.63) is 138 Å². The predicted octanol–water partition coefficient (Wildman–Crippen LogP) is 6.91. The van der Waals surface area contributed by atoms with Gasteiger partial charge in [-0.05, 0) is 85.8 Å². The summed E-state index contributed by atoms with van der Waals surface area (Å²) >= 11 is 0. The fourth-order valence-electron chi connectivity index (χ4n) is 8.42. The molecule has 2 aromatic heterocycles. The monoisotopic (exact) mass is 733 g/mol. The summed E-state index contributed by atoms with van der Waals surface area (Å²) in [5, 5.41) is 7.39. The quantitative estimate of drug-likeness (QED) is 0.108. The predicted molar refractivity (Wildman–Crippen MR) is 215 cm³/mol. The van der Waals surface area contributed by atoms with Gasteiger partial charge >= 0.3 is 0 Å². The van der Waals surface area contributed by atoms with E-state index in [2.05, 4.69) is 57.0 Å². The van der Waals surface area contributed by atoms with Crippen molar-refractivity contribution in [1.82, 2.24) is 35.4 Å². The Morgan fingerprint density at radius 3 is 1.96 bits per heavy atom. The number of hydrogen-bond donors (Lipinski definition) is 4. The Balaban J connectivity index is 0.929. The number of likely N-dealkylation sites (N-methyl/N-ethyl adjacent to an activating group) is 2. The normalized spacial score (nSPS) is 18.1. The van der Waals surface area contributed by atoms with E-state index in [0.29, 0.717) is 19.5 Å². The Bertz CT molecular complexity index is 2280. The zero-order valence-corrected chi connectivity index (χ0v) is 31.3. The van der Waals surface area contributed by atoms with Crippen LogP contribution in [0.15, 0.2) is 115 Å². The van der Waals surface area contributed by atoms with Crippen molar-refractivity contribution in [2.75, 3.05) is 27.2 Å². The molecule has 280 valence electrons. The molecule has 10 nitrogen and oxygen atoms in total. The third-order valence-corrected chi connectivity index (χ3v) is 11.3. The molecule has 10 heteroatoms. The number of aromatic amines is 2. The topological polar surface area (TPSA) is 126 Å². The number of H-pyrrole nitrogens is 2. The summed E-state index contributed by atoms with van der Waals surface area (Å²) in [5.74, 6) is 0.885. The number of likely N-dealkylation sites (tertiary alicyclic amines) is 2. The van der Waals surface area contributed by atoms with Gasteiger partial charge in [-0.25, -0.2) is 4.98 Å². The van der Waals surface area contributed by atoms with Crippen LogP contribution in [0.3, 0.4) is 0 Å². The highest BCUT2D eigenvalue weighted by Crippen LogP contribution is 2.35. The summed E-state index contributed by atoms with van der Waals surface area (Å²) in [5.41, 5.74) is 7.73. The van der Waals surface area contributed by atoms with Crippen LogP contribution in [0.4, 0.5) is 0 Å². The molecular weight excluding hydrogens is 687 g/mol. The molecule has 55 heavy (non-hydrogen) atoms. The molecule has 0 spiro atoms. The number of fused-ring (bicyclic) bond motifs is 1. The number of nitrogens with one attached hydrogen (secondary N) is 4. The second kappa shape index (κ2) is 15.9. The maximum Gasteiger partial charge on any atom is 0.244 e. The number of carbonyl (C=O) groups excluding carboxylic acids is 3. The Labute approximate surface area is 321 Å². The Hall–Kier alpha value is -5.84. The van der Waals surface area contributed by atoms with E-state index in [-0.39, 0.29) is 30.1 Å². The lowest BCUT2D eigenvalue weighted by molar-refractivity contribution is -0.139. The van der Waals surface area contributed by atoms with Gasteiger partial charge in [-0.3, -0.25) is 14.4 Å². The molecule has 4 atom stereocenters. The summed E-state index contributed by atoms with van der Waals surface area (Å²) in [6.07, 6.45) is 5.43. The number of Topliss-reactive ketones (excluding diaryl/α,β-unsaturated/α-hetero) is 1. The van der Waals surface area contributed by atoms with Crippen LogP contribution in [0.5, 0.6) is 0 Å². The fraction of sp³-hybridized carbons (Fsp3) is 0.289. The van der Waals surface area contributed by atoms with E-state index in [0.717, 1.165) is 75.2 Å². The Kier molecular flexibility index (Phi) is 10.4. The van der Waals surface area contributed by atoms with Crippen molar-refractivity contribution < 1.29 is 14.4 Å². The lowest BCUT2D eigenvalue weighted by Crippen LogP contribution is -2.46. The SMILES string of the molecule is CN[C@H](C(=O)N1CCC[C@H]1C(=O)Cc1ccc2[nH]c(-c3ccc(-c4cnc([C@@H]5CCCN5C(=O)[C@@H](NC)c5ccccc5)[nH]4)cc3)cc2c1)c1ccccc1. The zero-order valence-electron chi connectivity index (χ0n) is 31.3. The molecule has 2 saturated heterocycles. The molecule has 6 aromatic rings. The minimum Gasteiger partial charge on any atom is -0.355 e. The van der Waals surface area contributed by atoms with E-state index in [4.69, 9.17) is 4.98 Å². The summed E-state index contributed by atoms with van der Waals surface area (Å²) in [6, 6.07) is 34.7. The highest BCUT2D eigenvalue weighted by atomic mass is 16.2. The van der Waals surface area contributed by atoms with E-state index in [1.54, 1.807) is 11.9 Å². The first-order chi connectivity index (χ1) is 26.9. The van der Waals surface area contributed by atoms with Gasteiger partial charge in [0.15, 0.2) is 5.78 Å². The number of imidazole rings is 1. The number of aromatic nitrogens is 3. The fourth-order valence-corrected chi connectivity index (χ4v) is 8.42. The minimum atomic E-state index is -0.479. The van der Waals surface area contributed by atoms with E-state index < -0.39 is 18.1 Å². The van der Waals surface area contributed by atoms with Gasteiger partial charge in [-0.2, -0.15) is 0 Å². The van der Waals surface area contributed by atoms with Gasteiger partial charge in [0, 0.05) is 36.1 Å². The highest BCUT2D eigenvalue weighted by molar-refractivity contribution is 5.94. The molecule has 0 saturated carbocycles. The average Bonchev–Trinajstić information content (AvgIpc) is 4.06. The van der Waals surface area contributed by atoms with Crippen molar-refractivity contribution in [3.63, 3.8) is 0 Å². The maximum atomic E-state index is 13.7. The van der Waals surface area contributed by atoms with E-state index >= 15 is 0 Å². The second-order valence-corrected chi connectivity index (χ2v) is 14.7. The van der Waals surface area contributed by atoms with Crippen LogP contribution in [0.1, 0.15) is 66.3 Å². The zero-order chi connectivity index (χ0) is 37.9. The molecule has 2 aliphatic rings. The number of amides is 2. The van der Waals surface area contributed by atoms with Crippen molar-refractivity contribution >= 4 is 28.5 Å². The second-order valence-electron chi connectivity index (χ2n) is 14.7. The molecule has 0 bridgehead atoms. The molecular formula is C45H47N7O3. The number of benzene rings is 4. The molecule has 2 fully saturated rings. The molecule has 4 heterocycles. The summed E-state index contributed by atoms with van der Waals surface area (Å²) in [4.78, 5) is 56.5. The maximum absolute atomic E-state index is 13.7. The Morgan fingerprint density at radius 2 is 1.31 bits per heavy atom. The van der Waals surface area contributed by atoms with Crippen molar-refractivity contribution in [2.24, 2.45) is 0 Å². The third-order valence-electron chi connectivity index (χ3n) is 11.3. The highest BCUT2D eigenvalue weighted by Gasteiger charge is 2.37. The molecule has 0 aliphatic carbocycles. The van der Waals surface area contributed by atoms with Gasteiger partial charge in [0.2, 0.25) is 11.8 Å². The van der Waals surface area contributed by atoms with Gasteiger partial charge < -0.3 is 30.4 Å². The van der Waals surface area contributed by atoms with Crippen LogP contribution in [-0.2, 0) is 20.8 Å². The molecule has 2 amide bonds. The number of ketones is 1. The first-order valence-corrected chi connectivity index (χ1v) is 19.3. The van der Waals surface area contributed by atoms with E-state index in [1.807, 2.05) is 90.9 Å². The first kappa shape index (κ1) is 36.2. The number of rotatable bonds is 12. The molecule has 4 aromatic carbocycles. The summed E-state index contributed by atoms with van der Waals surface area (Å²) in [7, 11) is 3.61. The van der Waals surface area contributed by atoms with E-state index in [9.17, 15) is 14.4 Å². The lowest BCUT2D eigenvalue weighted by atomic mass is 9.99. The summed E-state index contributed by atoms with van der Waals surface area (Å²) in [6.45, 7) is 1.29. The van der Waals surface area contributed by atoms with E-state index in [1.165, 1.54) is 0 Å². The van der Waals surface area contributed by atoms with Crippen molar-refractivity contribution in [3.8, 4) is 22.5 Å². The van der Waals surface area contributed by atoms with Crippen LogP contribution in [-0.4, -0.2) is 75.6 Å². The van der Waals surface area contributed by atoms with Crippen LogP contribution < -0.4 is 10.6 Å². The van der Waals surface area contributed by atoms with Gasteiger partial charge in [-0.15, -0.1) is 0 Å². The molecule has 8 rings (SSSR count). The van der Waals surface area contributed by atoms with Crippen LogP contribution in [0.2, 0.25) is 0 Å². The van der Waals surface area contributed by atoms with Crippen molar-refractivity contribution in [2.45, 2.75) is 56.3 Å². The van der Waals surface area contributed by atoms with Gasteiger partial charge in [0.05, 0.1) is 24.0 Å². The van der Waals surface area contributed by atoms with Crippen LogP contribution >= 0.6 is 0 Å². The molecule has 0 unspecified atom stereocenters. The Morgan fingerprint density at radius 1 is 0.709 bits per heavy atom. The number of carbonyl (C=O) groups is 3. The smallest absolute Gasteiger partial charge is 0.244 e. The number of hydrogen-bond acceptors (Lipinski definition) is 6. The van der Waals surface area contributed by atoms with Gasteiger partial charge in [0.1, 0.15) is 17.9 Å². The largest absolute Gasteiger partial charge is 0.355 e. The van der Waals surface area contributed by atoms with Crippen LogP contribution in [0.25, 0.3) is 33.4 Å². The molecule has 0 radical (unpaired) electrons. The first-order valence-electron chi connectivity index (χ1n) is 19.3. The molecule has 4 N–H and O–H groups in total. The van der Waals surface area contributed by atoms with Crippen LogP contribution in [0, 0.1) is 0 Å². The minimum absolute atomic E-state index is 0.0522. The lowest BCUT2D eigenvalue weighted by Gasteiger charge is -2.28. The molecule has 2 aliphatic heterocycles. The van der Waals surface area contributed by atoms with Crippen molar-refractivity contribution in [1.29, 1.82) is 0 Å². The third kappa shape index (κ3) is 7.35. The standard InChI is InChI=1S/C45H47N7O3/c1-46-41(32-11-5-3-6-12-32)44(54)51-23-9-15-38(51)40(53)26-29-17-22-35-34(25-29)27-36(49-35)30-18-20-31(21-19-30)37-28-48-43(50-37)39-16-10-24-52(39)45(55)42(47-2)33-13-7-4-8-14-33/h3-8,11-14,17-22,25,27-28,38-39,41-42,46-47,49H,9-10,15-16,23-24,26H2,1-2H3,(H,48,50)/t38-,39-,41-,42-/m0/s1. The van der Waals surface area contributed by atoms with Gasteiger partial charge in [-0.1, -0.05) is 91.0 Å². The number of nitrogens with zero attached hydrogens (tertiary/aromatic N) is 3. The van der Waals surface area contributed by atoms with Gasteiger partial charge in [0.25, 0.3) is 0 Å². The average molecular weight is 734 g/mol.